The molecule has 0 saturated heterocycles. The van der Waals surface area contributed by atoms with Crippen LogP contribution in [0.1, 0.15) is 0 Å². The molecule has 23 heavy (non-hydrogen) atoms. The Morgan fingerprint density at radius 3 is 2.00 bits per heavy atom. The number of thiophene rings is 2. The van der Waals surface area contributed by atoms with Gasteiger partial charge in [0.05, 0.1) is 5.00 Å². The molecule has 0 spiro atoms. The van der Waals surface area contributed by atoms with Gasteiger partial charge in [-0.3, -0.25) is 0 Å². The molecular formula is C14H5BF5NS2. The van der Waals surface area contributed by atoms with Gasteiger partial charge in [-0.25, -0.2) is 22.0 Å². The molecule has 0 radical (unpaired) electrons. The Balaban J connectivity index is 1.98. The molecule has 1 aliphatic heterocycles. The molecule has 0 amide bonds. The lowest BCUT2D eigenvalue weighted by molar-refractivity contribution is 0.384. The highest BCUT2D eigenvalue weighted by molar-refractivity contribution is 7.26. The van der Waals surface area contributed by atoms with Crippen molar-refractivity contribution >= 4 is 44.8 Å². The van der Waals surface area contributed by atoms with E-state index in [9.17, 15) is 22.0 Å². The topological polar surface area (TPSA) is 12.0 Å². The highest BCUT2D eigenvalue weighted by atomic mass is 32.1. The van der Waals surface area contributed by atoms with Gasteiger partial charge in [0.25, 0.3) is 0 Å². The number of fused-ring (bicyclic) bond motifs is 3. The minimum atomic E-state index is -2.15. The number of halogens is 5. The maximum absolute atomic E-state index is 14.1. The molecule has 2 aromatic heterocycles. The van der Waals surface area contributed by atoms with Crippen LogP contribution in [-0.4, -0.2) is 6.85 Å². The SMILES string of the molecule is Fc1c(F)c(F)c(B2Nc3sccc3-c3ccsc32)c(F)c1F. The van der Waals surface area contributed by atoms with Gasteiger partial charge in [0.1, 0.15) is 0 Å². The number of anilines is 1. The summed E-state index contributed by atoms with van der Waals surface area (Å²) in [6, 6.07) is 3.61. The zero-order valence-electron chi connectivity index (χ0n) is 11.1. The van der Waals surface area contributed by atoms with Crippen molar-refractivity contribution in [2.45, 2.75) is 0 Å². The molecule has 1 aliphatic rings. The smallest absolute Gasteiger partial charge is 0.338 e. The number of benzene rings is 1. The molecule has 1 nitrogen and oxygen atoms in total. The van der Waals surface area contributed by atoms with Gasteiger partial charge >= 0.3 is 6.85 Å². The second-order valence-electron chi connectivity index (χ2n) is 4.92. The van der Waals surface area contributed by atoms with Crippen LogP contribution in [0, 0.1) is 29.1 Å². The first-order chi connectivity index (χ1) is 11.0. The van der Waals surface area contributed by atoms with Crippen LogP contribution in [0.2, 0.25) is 0 Å². The molecule has 116 valence electrons. The summed E-state index contributed by atoms with van der Waals surface area (Å²) < 4.78 is 69.1. The molecule has 0 fully saturated rings. The van der Waals surface area contributed by atoms with E-state index in [1.807, 2.05) is 6.07 Å². The number of hydrogen-bond acceptors (Lipinski definition) is 3. The second-order valence-corrected chi connectivity index (χ2v) is 6.79. The molecule has 0 atom stereocenters. The average molecular weight is 357 g/mol. The van der Waals surface area contributed by atoms with Gasteiger partial charge < -0.3 is 5.23 Å². The Morgan fingerprint density at radius 1 is 0.739 bits per heavy atom. The van der Waals surface area contributed by atoms with E-state index in [1.165, 1.54) is 22.7 Å². The molecule has 1 N–H and O–H groups in total. The predicted molar refractivity (Wildman–Crippen MR) is 82.5 cm³/mol. The van der Waals surface area contributed by atoms with Gasteiger partial charge in [0.15, 0.2) is 29.1 Å². The zero-order chi connectivity index (χ0) is 16.3. The largest absolute Gasteiger partial charge is 0.411 e. The van der Waals surface area contributed by atoms with E-state index in [1.54, 1.807) is 16.8 Å². The summed E-state index contributed by atoms with van der Waals surface area (Å²) in [7, 11) is 0. The Kier molecular flexibility index (Phi) is 3.24. The van der Waals surface area contributed by atoms with Crippen molar-refractivity contribution in [3.8, 4) is 11.1 Å². The van der Waals surface area contributed by atoms with Crippen LogP contribution in [0.25, 0.3) is 11.1 Å². The highest BCUT2D eigenvalue weighted by Gasteiger charge is 2.39. The Morgan fingerprint density at radius 2 is 1.30 bits per heavy atom. The van der Waals surface area contributed by atoms with Crippen molar-refractivity contribution in [2.75, 3.05) is 5.23 Å². The fourth-order valence-corrected chi connectivity index (χ4v) is 4.48. The predicted octanol–water partition coefficient (Wildman–Crippen LogP) is 3.70. The third-order valence-electron chi connectivity index (χ3n) is 3.72. The number of nitrogens with one attached hydrogen (secondary N) is 1. The third kappa shape index (κ3) is 1.96. The summed E-state index contributed by atoms with van der Waals surface area (Å²) in [5.41, 5.74) is 0.731. The van der Waals surface area contributed by atoms with Gasteiger partial charge in [0.2, 0.25) is 0 Å². The fraction of sp³-hybridized carbons (Fsp3) is 0. The van der Waals surface area contributed by atoms with E-state index in [0.29, 0.717) is 9.78 Å². The van der Waals surface area contributed by atoms with E-state index in [4.69, 9.17) is 0 Å². The van der Waals surface area contributed by atoms with Crippen molar-refractivity contribution in [1.29, 1.82) is 0 Å². The van der Waals surface area contributed by atoms with E-state index in [-0.39, 0.29) is 0 Å². The van der Waals surface area contributed by atoms with E-state index in [0.717, 1.165) is 11.1 Å². The van der Waals surface area contributed by atoms with Gasteiger partial charge in [-0.05, 0) is 28.5 Å². The summed E-state index contributed by atoms with van der Waals surface area (Å²) in [5, 5.41) is 7.03. The van der Waals surface area contributed by atoms with Crippen LogP contribution in [0.15, 0.2) is 22.9 Å². The molecule has 0 saturated carbocycles. The monoisotopic (exact) mass is 357 g/mol. The Labute approximate surface area is 135 Å². The van der Waals surface area contributed by atoms with E-state index in [2.05, 4.69) is 5.23 Å². The van der Waals surface area contributed by atoms with Crippen molar-refractivity contribution in [3.05, 3.63) is 52.0 Å². The maximum atomic E-state index is 14.1. The van der Waals surface area contributed by atoms with Crippen molar-refractivity contribution in [3.63, 3.8) is 0 Å². The molecular weight excluding hydrogens is 352 g/mol. The van der Waals surface area contributed by atoms with Crippen LogP contribution < -0.4 is 15.5 Å². The van der Waals surface area contributed by atoms with Crippen molar-refractivity contribution in [1.82, 2.24) is 0 Å². The molecule has 0 bridgehead atoms. The zero-order valence-corrected chi connectivity index (χ0v) is 12.7. The summed E-state index contributed by atoms with van der Waals surface area (Å²) >= 11 is 2.50. The number of hydrogen-bond donors (Lipinski definition) is 1. The van der Waals surface area contributed by atoms with Crippen LogP contribution in [0.3, 0.4) is 0 Å². The first-order valence-electron chi connectivity index (χ1n) is 6.43. The summed E-state index contributed by atoms with van der Waals surface area (Å²) in [4.78, 5) is 0. The molecule has 3 heterocycles. The van der Waals surface area contributed by atoms with Gasteiger partial charge in [-0.15, -0.1) is 11.3 Å². The van der Waals surface area contributed by atoms with Crippen LogP contribution in [0.4, 0.5) is 27.0 Å². The first kappa shape index (κ1) is 14.7. The average Bonchev–Trinajstić information content (AvgIpc) is 3.19. The standard InChI is InChI=1S/C14H5BF5NS2/c16-8-7(9(17)11(19)12(20)10(8)18)15-13-5(1-3-22-13)6-2-4-23-14(6)21-15/h1-4,21H. The lowest BCUT2D eigenvalue weighted by atomic mass is 9.52. The van der Waals surface area contributed by atoms with E-state index >= 15 is 0 Å². The second kappa shape index (κ2) is 5.07. The minimum absolute atomic E-state index is 0.513. The van der Waals surface area contributed by atoms with Crippen molar-refractivity contribution in [2.24, 2.45) is 0 Å². The molecule has 1 aromatic carbocycles. The quantitative estimate of drug-likeness (QED) is 0.303. The van der Waals surface area contributed by atoms with Gasteiger partial charge in [0, 0.05) is 15.8 Å². The van der Waals surface area contributed by atoms with Gasteiger partial charge in [-0.1, -0.05) is 0 Å². The molecule has 9 heteroatoms. The van der Waals surface area contributed by atoms with Crippen LogP contribution in [-0.2, 0) is 0 Å². The lowest BCUT2D eigenvalue weighted by Crippen LogP contribution is -2.53. The van der Waals surface area contributed by atoms with Crippen molar-refractivity contribution < 1.29 is 22.0 Å². The maximum Gasteiger partial charge on any atom is 0.338 e. The molecule has 4 rings (SSSR count). The number of rotatable bonds is 1. The summed E-state index contributed by atoms with van der Waals surface area (Å²) in [6.45, 7) is -1.12. The molecule has 3 aromatic rings. The fourth-order valence-electron chi connectivity index (χ4n) is 2.68. The molecule has 0 unspecified atom stereocenters. The minimum Gasteiger partial charge on any atom is -0.411 e. The summed E-state index contributed by atoms with van der Waals surface area (Å²) in [5.74, 6) is -9.63. The summed E-state index contributed by atoms with van der Waals surface area (Å²) in [6.07, 6.45) is 0. The Hall–Kier alpha value is -1.87. The van der Waals surface area contributed by atoms with Crippen LogP contribution >= 0.6 is 22.7 Å². The normalized spacial score (nSPS) is 12.8. The lowest BCUT2D eigenvalue weighted by Gasteiger charge is -2.23. The van der Waals surface area contributed by atoms with E-state index < -0.39 is 41.4 Å². The third-order valence-corrected chi connectivity index (χ3v) is 5.55. The first-order valence-corrected chi connectivity index (χ1v) is 8.19. The van der Waals surface area contributed by atoms with Gasteiger partial charge in [-0.2, -0.15) is 11.3 Å². The molecule has 0 aliphatic carbocycles. The Bertz CT molecular complexity index is 906. The van der Waals surface area contributed by atoms with Crippen LogP contribution in [0.5, 0.6) is 0 Å². The highest BCUT2D eigenvalue weighted by Crippen LogP contribution is 2.37.